The lowest BCUT2D eigenvalue weighted by atomic mass is 9.95. The number of anilines is 2. The molecular weight excluding hydrogens is 400 g/mol. The van der Waals surface area contributed by atoms with Crippen LogP contribution in [-0.4, -0.2) is 47.6 Å². The highest BCUT2D eigenvalue weighted by Gasteiger charge is 2.28. The maximum absolute atomic E-state index is 11.5. The molecule has 1 saturated heterocycles. The first kappa shape index (κ1) is 20.5. The molecule has 6 heteroatoms. The van der Waals surface area contributed by atoms with E-state index < -0.39 is 5.97 Å². The molecule has 6 nitrogen and oxygen atoms in total. The van der Waals surface area contributed by atoms with E-state index in [1.165, 1.54) is 52.2 Å². The van der Waals surface area contributed by atoms with Crippen molar-refractivity contribution >= 4 is 17.3 Å². The molecule has 2 aliphatic rings. The first-order chi connectivity index (χ1) is 15.5. The third-order valence-corrected chi connectivity index (χ3v) is 6.73. The zero-order valence-electron chi connectivity index (χ0n) is 18.5. The molecule has 0 bridgehead atoms. The predicted molar refractivity (Wildman–Crippen MR) is 127 cm³/mol. The Hall–Kier alpha value is -3.38. The van der Waals surface area contributed by atoms with Crippen LogP contribution in [0.15, 0.2) is 54.9 Å². The maximum atomic E-state index is 11.5. The van der Waals surface area contributed by atoms with Crippen molar-refractivity contribution in [1.29, 1.82) is 0 Å². The van der Waals surface area contributed by atoms with Gasteiger partial charge in [-0.3, -0.25) is 9.88 Å². The topological polar surface area (TPSA) is 68.7 Å². The number of rotatable bonds is 6. The van der Waals surface area contributed by atoms with Gasteiger partial charge >= 0.3 is 5.97 Å². The summed E-state index contributed by atoms with van der Waals surface area (Å²) < 4.78 is 0. The van der Waals surface area contributed by atoms with Crippen LogP contribution in [0.2, 0.25) is 0 Å². The van der Waals surface area contributed by atoms with E-state index in [4.69, 9.17) is 0 Å². The monoisotopic (exact) mass is 428 g/mol. The highest BCUT2D eigenvalue weighted by atomic mass is 16.4. The van der Waals surface area contributed by atoms with Gasteiger partial charge in [0.25, 0.3) is 0 Å². The van der Waals surface area contributed by atoms with E-state index >= 15 is 0 Å². The Balaban J connectivity index is 1.36. The second kappa shape index (κ2) is 8.28. The van der Waals surface area contributed by atoms with Crippen LogP contribution in [0.5, 0.6) is 0 Å². The minimum atomic E-state index is -0.949. The number of likely N-dealkylation sites (N-methyl/N-ethyl adjacent to an activating group) is 1. The standard InChI is InChI=1S/C26H28N4O2/c1-17-12-20(30-10-3-11-30)5-7-21(17)18-4-6-22-19(13-18)16-29(2)25(22)15-28-24-14-27-9-8-23(24)26(31)32/h4-9,12-14,25,28H,3,10-11,15-16H2,1-2H3,(H,31,32)/t25-/m0/s1. The molecule has 1 atom stereocenters. The van der Waals surface area contributed by atoms with E-state index in [-0.39, 0.29) is 11.6 Å². The number of nitrogens with one attached hydrogen (secondary N) is 1. The fourth-order valence-electron chi connectivity index (χ4n) is 4.79. The Bertz CT molecular complexity index is 1170. The fraction of sp³-hybridized carbons (Fsp3) is 0.308. The summed E-state index contributed by atoms with van der Waals surface area (Å²) in [5.74, 6) is -0.949. The first-order valence-electron chi connectivity index (χ1n) is 11.1. The van der Waals surface area contributed by atoms with Crippen molar-refractivity contribution in [2.24, 2.45) is 0 Å². The maximum Gasteiger partial charge on any atom is 0.337 e. The molecule has 2 aliphatic heterocycles. The average molecular weight is 429 g/mol. The van der Waals surface area contributed by atoms with Gasteiger partial charge in [0.2, 0.25) is 0 Å². The number of hydrogen-bond donors (Lipinski definition) is 2. The van der Waals surface area contributed by atoms with Crippen LogP contribution in [0.3, 0.4) is 0 Å². The lowest BCUT2D eigenvalue weighted by Gasteiger charge is -2.33. The van der Waals surface area contributed by atoms with Crippen molar-refractivity contribution in [1.82, 2.24) is 9.88 Å². The number of carboxylic acids is 1. The molecule has 2 aromatic carbocycles. The summed E-state index contributed by atoms with van der Waals surface area (Å²) in [6, 6.07) is 15.2. The number of fused-ring (bicyclic) bond motifs is 1. The Morgan fingerprint density at radius 2 is 2.03 bits per heavy atom. The van der Waals surface area contributed by atoms with Crippen LogP contribution < -0.4 is 10.2 Å². The largest absolute Gasteiger partial charge is 0.478 e. The molecule has 1 aromatic heterocycles. The number of aryl methyl sites for hydroxylation is 1. The molecule has 2 N–H and O–H groups in total. The Morgan fingerprint density at radius 3 is 2.75 bits per heavy atom. The summed E-state index contributed by atoms with van der Waals surface area (Å²) >= 11 is 0. The third-order valence-electron chi connectivity index (χ3n) is 6.73. The van der Waals surface area contributed by atoms with E-state index in [1.807, 2.05) is 0 Å². The third kappa shape index (κ3) is 3.71. The van der Waals surface area contributed by atoms with Gasteiger partial charge in [0.1, 0.15) is 0 Å². The molecule has 0 spiro atoms. The van der Waals surface area contributed by atoms with E-state index in [0.717, 1.165) is 19.6 Å². The molecular formula is C26H28N4O2. The normalized spacial score (nSPS) is 17.7. The minimum absolute atomic E-state index is 0.177. The predicted octanol–water partition coefficient (Wildman–Crippen LogP) is 4.56. The number of carbonyl (C=O) groups is 1. The lowest BCUT2D eigenvalue weighted by molar-refractivity contribution is 0.0697. The SMILES string of the molecule is Cc1cc(N2CCC2)ccc1-c1ccc2c(c1)CN(C)[C@H]2CNc1cnccc1C(=O)O. The zero-order valence-corrected chi connectivity index (χ0v) is 18.5. The Kier molecular flexibility index (Phi) is 5.31. The van der Waals surface area contributed by atoms with E-state index in [9.17, 15) is 9.90 Å². The van der Waals surface area contributed by atoms with Crippen LogP contribution in [0.1, 0.15) is 39.5 Å². The number of aromatic nitrogens is 1. The summed E-state index contributed by atoms with van der Waals surface area (Å²) in [6.07, 6.45) is 4.37. The van der Waals surface area contributed by atoms with Gasteiger partial charge in [-0.1, -0.05) is 18.2 Å². The smallest absolute Gasteiger partial charge is 0.337 e. The average Bonchev–Trinajstić information content (AvgIpc) is 3.05. The van der Waals surface area contributed by atoms with Crippen molar-refractivity contribution in [2.75, 3.05) is 36.9 Å². The molecule has 0 radical (unpaired) electrons. The van der Waals surface area contributed by atoms with Crippen LogP contribution in [0.4, 0.5) is 11.4 Å². The van der Waals surface area contributed by atoms with Crippen molar-refractivity contribution in [3.63, 3.8) is 0 Å². The molecule has 0 unspecified atom stereocenters. The number of nitrogens with zero attached hydrogens (tertiary/aromatic N) is 3. The van der Waals surface area contributed by atoms with Crippen LogP contribution in [0, 0.1) is 6.92 Å². The van der Waals surface area contributed by atoms with Crippen molar-refractivity contribution < 1.29 is 9.90 Å². The van der Waals surface area contributed by atoms with Gasteiger partial charge in [0.15, 0.2) is 0 Å². The van der Waals surface area contributed by atoms with Gasteiger partial charge < -0.3 is 15.3 Å². The molecule has 0 aliphatic carbocycles. The van der Waals surface area contributed by atoms with Gasteiger partial charge in [0.05, 0.1) is 23.5 Å². The van der Waals surface area contributed by atoms with E-state index in [0.29, 0.717) is 12.2 Å². The molecule has 3 heterocycles. The van der Waals surface area contributed by atoms with Gasteiger partial charge in [-0.15, -0.1) is 0 Å². The zero-order chi connectivity index (χ0) is 22.2. The van der Waals surface area contributed by atoms with Gasteiger partial charge in [-0.25, -0.2) is 4.79 Å². The number of benzene rings is 2. The first-order valence-corrected chi connectivity index (χ1v) is 11.1. The molecule has 5 rings (SSSR count). The second-order valence-corrected chi connectivity index (χ2v) is 8.79. The summed E-state index contributed by atoms with van der Waals surface area (Å²) in [5, 5.41) is 12.7. The summed E-state index contributed by atoms with van der Waals surface area (Å²) in [6.45, 7) is 6.01. The number of carboxylic acid groups (broad SMARTS) is 1. The van der Waals surface area contributed by atoms with Gasteiger partial charge in [-0.2, -0.15) is 0 Å². The fourth-order valence-corrected chi connectivity index (χ4v) is 4.79. The van der Waals surface area contributed by atoms with Gasteiger partial charge in [-0.05, 0) is 72.5 Å². The molecule has 0 saturated carbocycles. The molecule has 0 amide bonds. The summed E-state index contributed by atoms with van der Waals surface area (Å²) in [5.41, 5.74) is 8.57. The Labute approximate surface area is 188 Å². The van der Waals surface area contributed by atoms with E-state index in [1.54, 1.807) is 6.20 Å². The molecule has 164 valence electrons. The van der Waals surface area contributed by atoms with E-state index in [2.05, 4.69) is 70.5 Å². The summed E-state index contributed by atoms with van der Waals surface area (Å²) in [4.78, 5) is 20.3. The van der Waals surface area contributed by atoms with Gasteiger partial charge in [0, 0.05) is 38.1 Å². The molecule has 3 aromatic rings. The van der Waals surface area contributed by atoms with Crippen molar-refractivity contribution in [3.05, 3.63) is 77.1 Å². The quantitative estimate of drug-likeness (QED) is 0.600. The highest BCUT2D eigenvalue weighted by molar-refractivity contribution is 5.93. The number of hydrogen-bond acceptors (Lipinski definition) is 5. The Morgan fingerprint density at radius 1 is 1.19 bits per heavy atom. The highest BCUT2D eigenvalue weighted by Crippen LogP contribution is 2.37. The van der Waals surface area contributed by atoms with Crippen LogP contribution in [0.25, 0.3) is 11.1 Å². The lowest BCUT2D eigenvalue weighted by Crippen LogP contribution is -2.36. The second-order valence-electron chi connectivity index (χ2n) is 8.79. The number of pyridine rings is 1. The molecule has 1 fully saturated rings. The van der Waals surface area contributed by atoms with Crippen molar-refractivity contribution in [3.8, 4) is 11.1 Å². The minimum Gasteiger partial charge on any atom is -0.478 e. The number of aromatic carboxylic acids is 1. The molecule has 32 heavy (non-hydrogen) atoms. The summed E-state index contributed by atoms with van der Waals surface area (Å²) in [7, 11) is 2.11. The van der Waals surface area contributed by atoms with Crippen LogP contribution >= 0.6 is 0 Å². The van der Waals surface area contributed by atoms with Crippen molar-refractivity contribution in [2.45, 2.75) is 25.9 Å². The van der Waals surface area contributed by atoms with Crippen LogP contribution in [-0.2, 0) is 6.54 Å².